The first kappa shape index (κ1) is 27.9. The molecule has 5 unspecified atom stereocenters. The fourth-order valence-corrected chi connectivity index (χ4v) is 3.01. The number of carbonyl (C=O) groups is 4. The number of hydrogen-bond donors (Lipinski definition) is 7. The number of aromatic hydroxyl groups is 1. The molecule has 0 saturated heterocycles. The first-order chi connectivity index (χ1) is 15.3. The average Bonchev–Trinajstić information content (AvgIpc) is 2.71. The van der Waals surface area contributed by atoms with Crippen LogP contribution in [0.15, 0.2) is 24.3 Å². The minimum atomic E-state index is -1.35. The maximum atomic E-state index is 12.6. The van der Waals surface area contributed by atoms with E-state index in [0.29, 0.717) is 12.0 Å². The minimum Gasteiger partial charge on any atom is -0.508 e. The van der Waals surface area contributed by atoms with Crippen LogP contribution < -0.4 is 21.7 Å². The highest BCUT2D eigenvalue weighted by atomic mass is 16.4. The molecule has 1 aromatic carbocycles. The Morgan fingerprint density at radius 3 is 1.97 bits per heavy atom. The largest absolute Gasteiger partial charge is 0.508 e. The van der Waals surface area contributed by atoms with E-state index in [2.05, 4.69) is 16.0 Å². The van der Waals surface area contributed by atoms with Crippen molar-refractivity contribution < 1.29 is 34.5 Å². The Bertz CT molecular complexity index is 827. The van der Waals surface area contributed by atoms with Crippen LogP contribution in [0.2, 0.25) is 0 Å². The Kier molecular flexibility index (Phi) is 10.8. The van der Waals surface area contributed by atoms with Crippen LogP contribution in [-0.2, 0) is 25.6 Å². The zero-order valence-electron chi connectivity index (χ0n) is 19.2. The van der Waals surface area contributed by atoms with Gasteiger partial charge in [-0.05, 0) is 43.9 Å². The van der Waals surface area contributed by atoms with Crippen LogP contribution in [0, 0.1) is 5.92 Å². The van der Waals surface area contributed by atoms with Gasteiger partial charge in [-0.1, -0.05) is 26.0 Å². The molecule has 0 aliphatic rings. The van der Waals surface area contributed by atoms with Crippen molar-refractivity contribution in [3.05, 3.63) is 29.8 Å². The van der Waals surface area contributed by atoms with E-state index in [1.807, 2.05) is 13.8 Å². The van der Waals surface area contributed by atoms with Gasteiger partial charge >= 0.3 is 5.97 Å². The number of carboxylic acid groups (broad SMARTS) is 1. The van der Waals surface area contributed by atoms with Crippen molar-refractivity contribution in [1.82, 2.24) is 16.0 Å². The molecule has 0 radical (unpaired) electrons. The van der Waals surface area contributed by atoms with Gasteiger partial charge in [0.25, 0.3) is 0 Å². The molecule has 5 atom stereocenters. The lowest BCUT2D eigenvalue weighted by molar-refractivity contribution is -0.142. The Labute approximate surface area is 192 Å². The van der Waals surface area contributed by atoms with E-state index in [9.17, 15) is 34.5 Å². The molecule has 184 valence electrons. The summed E-state index contributed by atoms with van der Waals surface area (Å²) in [4.78, 5) is 48.9. The molecule has 33 heavy (non-hydrogen) atoms. The van der Waals surface area contributed by atoms with Crippen molar-refractivity contribution in [1.29, 1.82) is 0 Å². The van der Waals surface area contributed by atoms with Crippen LogP contribution in [0.1, 0.15) is 39.7 Å². The first-order valence-electron chi connectivity index (χ1n) is 10.7. The SMILES string of the molecule is CC(C)CC(N)C(=O)NC(C(=O)NC(C)C(=O)NC(Cc1ccc(O)cc1)C(=O)O)C(C)O. The van der Waals surface area contributed by atoms with Gasteiger partial charge in [0, 0.05) is 6.42 Å². The molecule has 11 nitrogen and oxygen atoms in total. The molecule has 0 saturated carbocycles. The lowest BCUT2D eigenvalue weighted by Crippen LogP contribution is -2.59. The van der Waals surface area contributed by atoms with Gasteiger partial charge in [-0.15, -0.1) is 0 Å². The highest BCUT2D eigenvalue weighted by Crippen LogP contribution is 2.11. The van der Waals surface area contributed by atoms with E-state index in [0.717, 1.165) is 0 Å². The van der Waals surface area contributed by atoms with Crippen molar-refractivity contribution in [3.63, 3.8) is 0 Å². The van der Waals surface area contributed by atoms with Crippen molar-refractivity contribution in [3.8, 4) is 5.75 Å². The number of rotatable bonds is 12. The normalized spacial score (nSPS) is 15.6. The van der Waals surface area contributed by atoms with Crippen molar-refractivity contribution >= 4 is 23.7 Å². The molecule has 0 heterocycles. The van der Waals surface area contributed by atoms with Gasteiger partial charge in [-0.2, -0.15) is 0 Å². The zero-order valence-corrected chi connectivity index (χ0v) is 19.2. The fourth-order valence-electron chi connectivity index (χ4n) is 3.01. The Morgan fingerprint density at radius 2 is 1.48 bits per heavy atom. The number of phenols is 1. The maximum Gasteiger partial charge on any atom is 0.326 e. The molecule has 0 aliphatic heterocycles. The molecule has 8 N–H and O–H groups in total. The first-order valence-corrected chi connectivity index (χ1v) is 10.7. The van der Waals surface area contributed by atoms with Gasteiger partial charge in [-0.25, -0.2) is 4.79 Å². The topological polar surface area (TPSA) is 191 Å². The highest BCUT2D eigenvalue weighted by Gasteiger charge is 2.31. The lowest BCUT2D eigenvalue weighted by atomic mass is 10.0. The molecule has 0 bridgehead atoms. The van der Waals surface area contributed by atoms with Crippen LogP contribution in [0.4, 0.5) is 0 Å². The average molecular weight is 467 g/mol. The molecule has 0 spiro atoms. The monoisotopic (exact) mass is 466 g/mol. The van der Waals surface area contributed by atoms with E-state index >= 15 is 0 Å². The third-order valence-electron chi connectivity index (χ3n) is 4.87. The number of amides is 3. The summed E-state index contributed by atoms with van der Waals surface area (Å²) in [6.45, 7) is 6.43. The summed E-state index contributed by atoms with van der Waals surface area (Å²) in [5.74, 6) is -3.29. The van der Waals surface area contributed by atoms with Crippen LogP contribution in [0.5, 0.6) is 5.75 Å². The van der Waals surface area contributed by atoms with Crippen molar-refractivity contribution in [2.45, 2.75) is 70.8 Å². The summed E-state index contributed by atoms with van der Waals surface area (Å²) in [6.07, 6.45) is -0.921. The molecule has 1 rings (SSSR count). The van der Waals surface area contributed by atoms with E-state index in [4.69, 9.17) is 5.73 Å². The number of benzene rings is 1. The van der Waals surface area contributed by atoms with Gasteiger partial charge in [0.1, 0.15) is 23.9 Å². The summed E-state index contributed by atoms with van der Waals surface area (Å²) in [5, 5.41) is 35.8. The van der Waals surface area contributed by atoms with E-state index < -0.39 is 54.0 Å². The molecular weight excluding hydrogens is 432 g/mol. The Morgan fingerprint density at radius 1 is 0.909 bits per heavy atom. The number of phenolic OH excluding ortho intramolecular Hbond substituents is 1. The molecule has 3 amide bonds. The number of carboxylic acids is 1. The summed E-state index contributed by atoms with van der Waals surface area (Å²) in [7, 11) is 0. The number of nitrogens with one attached hydrogen (secondary N) is 3. The fraction of sp³-hybridized carbons (Fsp3) is 0.545. The third-order valence-corrected chi connectivity index (χ3v) is 4.87. The maximum absolute atomic E-state index is 12.6. The number of carbonyl (C=O) groups excluding carboxylic acids is 3. The number of aliphatic carboxylic acids is 1. The zero-order chi connectivity index (χ0) is 25.3. The van der Waals surface area contributed by atoms with Gasteiger partial charge in [0.15, 0.2) is 0 Å². The van der Waals surface area contributed by atoms with E-state index in [1.54, 1.807) is 0 Å². The lowest BCUT2D eigenvalue weighted by Gasteiger charge is -2.25. The Hall–Kier alpha value is -3.18. The number of hydrogen-bond acceptors (Lipinski definition) is 7. The number of nitrogens with two attached hydrogens (primary N) is 1. The molecule has 0 fully saturated rings. The van der Waals surface area contributed by atoms with E-state index in [-0.39, 0.29) is 18.1 Å². The van der Waals surface area contributed by atoms with E-state index in [1.165, 1.54) is 38.1 Å². The molecule has 0 aromatic heterocycles. The second-order valence-corrected chi connectivity index (χ2v) is 8.46. The quantitative estimate of drug-likeness (QED) is 0.209. The highest BCUT2D eigenvalue weighted by molar-refractivity contribution is 5.94. The van der Waals surface area contributed by atoms with Crippen LogP contribution in [-0.4, -0.2) is 69.3 Å². The van der Waals surface area contributed by atoms with Gasteiger partial charge in [0.2, 0.25) is 17.7 Å². The van der Waals surface area contributed by atoms with Gasteiger partial charge < -0.3 is 37.0 Å². The van der Waals surface area contributed by atoms with Crippen LogP contribution in [0.25, 0.3) is 0 Å². The second-order valence-electron chi connectivity index (χ2n) is 8.46. The summed E-state index contributed by atoms with van der Waals surface area (Å²) in [5.41, 5.74) is 6.39. The van der Waals surface area contributed by atoms with Crippen molar-refractivity contribution in [2.24, 2.45) is 11.7 Å². The number of aliphatic hydroxyl groups is 1. The summed E-state index contributed by atoms with van der Waals surface area (Å²) in [6, 6.07) is 1.22. The van der Waals surface area contributed by atoms with Crippen LogP contribution >= 0.6 is 0 Å². The molecule has 11 heteroatoms. The summed E-state index contributed by atoms with van der Waals surface area (Å²) >= 11 is 0. The second kappa shape index (κ2) is 12.8. The molecule has 0 aliphatic carbocycles. The molecular formula is C22H34N4O7. The smallest absolute Gasteiger partial charge is 0.326 e. The third kappa shape index (κ3) is 9.46. The van der Waals surface area contributed by atoms with Gasteiger partial charge in [0.05, 0.1) is 12.1 Å². The van der Waals surface area contributed by atoms with Crippen molar-refractivity contribution in [2.75, 3.05) is 0 Å². The molecule has 1 aromatic rings. The summed E-state index contributed by atoms with van der Waals surface area (Å²) < 4.78 is 0. The predicted molar refractivity (Wildman–Crippen MR) is 120 cm³/mol. The van der Waals surface area contributed by atoms with Gasteiger partial charge in [-0.3, -0.25) is 14.4 Å². The number of aliphatic hydroxyl groups excluding tert-OH is 1. The minimum absolute atomic E-state index is 0.0240. The standard InChI is InChI=1S/C22H34N4O7/c1-11(2)9-16(23)20(30)26-18(13(4)27)21(31)24-12(3)19(29)25-17(22(32)33)10-14-5-7-15(28)8-6-14/h5-8,11-13,16-18,27-28H,9-10,23H2,1-4H3,(H,24,31)(H,25,29)(H,26,30)(H,32,33). The van der Waals surface area contributed by atoms with Crippen LogP contribution in [0.3, 0.4) is 0 Å². The predicted octanol–water partition coefficient (Wildman–Crippen LogP) is -0.752. The Balaban J connectivity index is 2.76.